The van der Waals surface area contributed by atoms with Crippen molar-refractivity contribution in [2.45, 2.75) is 51.2 Å². The van der Waals surface area contributed by atoms with Gasteiger partial charge >= 0.3 is 0 Å². The zero-order chi connectivity index (χ0) is 12.5. The van der Waals surface area contributed by atoms with Gasteiger partial charge in [0.2, 0.25) is 0 Å². The summed E-state index contributed by atoms with van der Waals surface area (Å²) < 4.78 is 0. The molecule has 18 heavy (non-hydrogen) atoms. The standard InChI is InChI=1S/C15H21ClN2/c1-11-3-2-8-18(11)15-7-4-12(9-14(15)16)10-17-13-5-6-13/h4,7,9,11,13,17H,2-3,5-6,8,10H2,1H3. The predicted molar refractivity (Wildman–Crippen MR) is 77.4 cm³/mol. The molecule has 0 spiro atoms. The second kappa shape index (κ2) is 5.10. The SMILES string of the molecule is CC1CCCN1c1ccc(CNC2CC2)cc1Cl. The van der Waals surface area contributed by atoms with Gasteiger partial charge in [-0.3, -0.25) is 0 Å². The molecule has 1 heterocycles. The second-order valence-electron chi connectivity index (χ2n) is 5.63. The molecule has 2 nitrogen and oxygen atoms in total. The van der Waals surface area contributed by atoms with Gasteiger partial charge in [0.25, 0.3) is 0 Å². The summed E-state index contributed by atoms with van der Waals surface area (Å²) in [6, 6.07) is 7.90. The molecule has 2 fully saturated rings. The van der Waals surface area contributed by atoms with Gasteiger partial charge in [-0.2, -0.15) is 0 Å². The molecule has 2 aliphatic rings. The minimum atomic E-state index is 0.623. The first-order valence-electron chi connectivity index (χ1n) is 7.02. The van der Waals surface area contributed by atoms with E-state index in [0.717, 1.165) is 24.2 Å². The molecule has 3 heteroatoms. The van der Waals surface area contributed by atoms with Crippen LogP contribution in [0.5, 0.6) is 0 Å². The lowest BCUT2D eigenvalue weighted by atomic mass is 10.1. The average molecular weight is 265 g/mol. The minimum Gasteiger partial charge on any atom is -0.368 e. The summed E-state index contributed by atoms with van der Waals surface area (Å²) in [6.07, 6.45) is 5.22. The third-order valence-electron chi connectivity index (χ3n) is 4.05. The Kier molecular flexibility index (Phi) is 3.49. The molecular weight excluding hydrogens is 244 g/mol. The van der Waals surface area contributed by atoms with Crippen LogP contribution >= 0.6 is 11.6 Å². The van der Waals surface area contributed by atoms with E-state index in [-0.39, 0.29) is 0 Å². The van der Waals surface area contributed by atoms with Crippen molar-refractivity contribution in [3.8, 4) is 0 Å². The van der Waals surface area contributed by atoms with Crippen LogP contribution in [0, 0.1) is 0 Å². The summed E-state index contributed by atoms with van der Waals surface area (Å²) in [5, 5.41) is 4.43. The van der Waals surface area contributed by atoms with Crippen LogP contribution in [0.25, 0.3) is 0 Å². The molecule has 1 N–H and O–H groups in total. The number of hydrogen-bond acceptors (Lipinski definition) is 2. The van der Waals surface area contributed by atoms with Gasteiger partial charge in [-0.05, 0) is 50.3 Å². The summed E-state index contributed by atoms with van der Waals surface area (Å²) in [5.74, 6) is 0. The monoisotopic (exact) mass is 264 g/mol. The minimum absolute atomic E-state index is 0.623. The number of nitrogens with one attached hydrogen (secondary N) is 1. The number of anilines is 1. The molecule has 0 radical (unpaired) electrons. The van der Waals surface area contributed by atoms with Crippen molar-refractivity contribution in [1.29, 1.82) is 0 Å². The molecule has 3 rings (SSSR count). The van der Waals surface area contributed by atoms with Gasteiger partial charge in [0.15, 0.2) is 0 Å². The zero-order valence-corrected chi connectivity index (χ0v) is 11.7. The fraction of sp³-hybridized carbons (Fsp3) is 0.600. The van der Waals surface area contributed by atoms with Crippen LogP contribution in [0.1, 0.15) is 38.2 Å². The van der Waals surface area contributed by atoms with Gasteiger partial charge in [0.1, 0.15) is 0 Å². The van der Waals surface area contributed by atoms with E-state index in [0.29, 0.717) is 6.04 Å². The smallest absolute Gasteiger partial charge is 0.0642 e. The van der Waals surface area contributed by atoms with Crippen LogP contribution in [0.3, 0.4) is 0 Å². The van der Waals surface area contributed by atoms with Crippen LogP contribution in [0.4, 0.5) is 5.69 Å². The predicted octanol–water partition coefficient (Wildman–Crippen LogP) is 3.58. The molecule has 1 atom stereocenters. The lowest BCUT2D eigenvalue weighted by molar-refractivity contribution is 0.687. The molecule has 1 aliphatic carbocycles. The van der Waals surface area contributed by atoms with Gasteiger partial charge in [-0.1, -0.05) is 17.7 Å². The van der Waals surface area contributed by atoms with E-state index >= 15 is 0 Å². The van der Waals surface area contributed by atoms with Crippen LogP contribution in [0.15, 0.2) is 18.2 Å². The van der Waals surface area contributed by atoms with Crippen LogP contribution < -0.4 is 10.2 Å². The first-order chi connectivity index (χ1) is 8.74. The first kappa shape index (κ1) is 12.3. The maximum absolute atomic E-state index is 6.44. The number of halogens is 1. The van der Waals surface area contributed by atoms with E-state index in [2.05, 4.69) is 35.3 Å². The molecule has 98 valence electrons. The molecule has 1 unspecified atom stereocenters. The van der Waals surface area contributed by atoms with E-state index in [1.165, 1.54) is 36.9 Å². The summed E-state index contributed by atoms with van der Waals surface area (Å²) in [7, 11) is 0. The van der Waals surface area contributed by atoms with Crippen molar-refractivity contribution in [3.63, 3.8) is 0 Å². The molecule has 1 saturated carbocycles. The number of nitrogens with zero attached hydrogens (tertiary/aromatic N) is 1. The van der Waals surface area contributed by atoms with Gasteiger partial charge < -0.3 is 10.2 Å². The van der Waals surface area contributed by atoms with E-state index in [1.807, 2.05) is 0 Å². The summed E-state index contributed by atoms with van der Waals surface area (Å²) >= 11 is 6.44. The van der Waals surface area contributed by atoms with Gasteiger partial charge in [0, 0.05) is 25.2 Å². The third-order valence-corrected chi connectivity index (χ3v) is 4.35. The molecule has 1 aliphatic heterocycles. The summed E-state index contributed by atoms with van der Waals surface area (Å²) in [6.45, 7) is 4.37. The quantitative estimate of drug-likeness (QED) is 0.894. The third kappa shape index (κ3) is 2.65. The van der Waals surface area contributed by atoms with Crippen molar-refractivity contribution >= 4 is 17.3 Å². The molecule has 1 aromatic rings. The Morgan fingerprint density at radius 3 is 2.78 bits per heavy atom. The van der Waals surface area contributed by atoms with Gasteiger partial charge in [-0.15, -0.1) is 0 Å². The second-order valence-corrected chi connectivity index (χ2v) is 6.03. The van der Waals surface area contributed by atoms with Crippen LogP contribution in [-0.4, -0.2) is 18.6 Å². The van der Waals surface area contributed by atoms with Crippen LogP contribution in [-0.2, 0) is 6.54 Å². The van der Waals surface area contributed by atoms with Gasteiger partial charge in [-0.25, -0.2) is 0 Å². The normalized spacial score (nSPS) is 23.7. The van der Waals surface area contributed by atoms with E-state index < -0.39 is 0 Å². The highest BCUT2D eigenvalue weighted by Crippen LogP contribution is 2.32. The largest absolute Gasteiger partial charge is 0.368 e. The highest BCUT2D eigenvalue weighted by Gasteiger charge is 2.23. The molecule has 0 aromatic heterocycles. The fourth-order valence-electron chi connectivity index (χ4n) is 2.73. The highest BCUT2D eigenvalue weighted by atomic mass is 35.5. The Labute approximate surface area is 114 Å². The first-order valence-corrected chi connectivity index (χ1v) is 7.40. The Morgan fingerprint density at radius 1 is 1.33 bits per heavy atom. The lowest BCUT2D eigenvalue weighted by Crippen LogP contribution is -2.26. The van der Waals surface area contributed by atoms with Gasteiger partial charge in [0.05, 0.1) is 10.7 Å². The lowest BCUT2D eigenvalue weighted by Gasteiger charge is -2.25. The summed E-state index contributed by atoms with van der Waals surface area (Å²) in [4.78, 5) is 2.43. The molecule has 0 bridgehead atoms. The number of benzene rings is 1. The van der Waals surface area contributed by atoms with Crippen molar-refractivity contribution in [3.05, 3.63) is 28.8 Å². The number of rotatable bonds is 4. The maximum Gasteiger partial charge on any atom is 0.0642 e. The van der Waals surface area contributed by atoms with Crippen molar-refractivity contribution in [2.24, 2.45) is 0 Å². The molecule has 0 amide bonds. The van der Waals surface area contributed by atoms with E-state index in [1.54, 1.807) is 0 Å². The molecule has 1 saturated heterocycles. The van der Waals surface area contributed by atoms with Crippen molar-refractivity contribution in [2.75, 3.05) is 11.4 Å². The molecular formula is C15H21ClN2. The van der Waals surface area contributed by atoms with Crippen molar-refractivity contribution in [1.82, 2.24) is 5.32 Å². The van der Waals surface area contributed by atoms with E-state index in [9.17, 15) is 0 Å². The number of hydrogen-bond donors (Lipinski definition) is 1. The summed E-state index contributed by atoms with van der Waals surface area (Å²) in [5.41, 5.74) is 2.50. The highest BCUT2D eigenvalue weighted by molar-refractivity contribution is 6.33. The Bertz CT molecular complexity index is 429. The molecule has 1 aromatic carbocycles. The van der Waals surface area contributed by atoms with Crippen LogP contribution in [0.2, 0.25) is 5.02 Å². The van der Waals surface area contributed by atoms with Crippen molar-refractivity contribution < 1.29 is 0 Å². The fourth-order valence-corrected chi connectivity index (χ4v) is 3.05. The Balaban J connectivity index is 1.71. The zero-order valence-electron chi connectivity index (χ0n) is 11.0. The Morgan fingerprint density at radius 2 is 2.17 bits per heavy atom. The maximum atomic E-state index is 6.44. The van der Waals surface area contributed by atoms with E-state index in [4.69, 9.17) is 11.6 Å². The Hall–Kier alpha value is -0.730. The topological polar surface area (TPSA) is 15.3 Å². The average Bonchev–Trinajstić information content (AvgIpc) is 3.09.